The van der Waals surface area contributed by atoms with Crippen molar-refractivity contribution in [3.8, 4) is 6.07 Å². The summed E-state index contributed by atoms with van der Waals surface area (Å²) in [6, 6.07) is 16.3. The lowest BCUT2D eigenvalue weighted by atomic mass is 10.1. The molecule has 0 spiro atoms. The van der Waals surface area contributed by atoms with Gasteiger partial charge in [0.2, 0.25) is 0 Å². The van der Waals surface area contributed by atoms with E-state index in [0.29, 0.717) is 0 Å². The van der Waals surface area contributed by atoms with E-state index in [1.54, 1.807) is 0 Å². The highest BCUT2D eigenvalue weighted by Crippen LogP contribution is 2.37. The maximum atomic E-state index is 8.98. The van der Waals surface area contributed by atoms with Crippen LogP contribution in [0.1, 0.15) is 16.7 Å². The largest absolute Gasteiger partial charge is 0.325 e. The first-order valence-electron chi connectivity index (χ1n) is 6.31. The number of anilines is 1. The first kappa shape index (κ1) is 10.3. The molecule has 0 amide bonds. The van der Waals surface area contributed by atoms with E-state index in [9.17, 15) is 0 Å². The zero-order chi connectivity index (χ0) is 12.8. The van der Waals surface area contributed by atoms with Gasteiger partial charge in [0, 0.05) is 12.1 Å². The Hall–Kier alpha value is -2.60. The van der Waals surface area contributed by atoms with Crippen molar-refractivity contribution in [2.24, 2.45) is 4.99 Å². The van der Waals surface area contributed by atoms with Gasteiger partial charge in [-0.05, 0) is 35.4 Å². The molecule has 0 N–H and O–H groups in total. The van der Waals surface area contributed by atoms with Crippen LogP contribution in [0.5, 0.6) is 0 Å². The van der Waals surface area contributed by atoms with Crippen LogP contribution >= 0.6 is 0 Å². The maximum absolute atomic E-state index is 8.98. The van der Waals surface area contributed by atoms with Gasteiger partial charge in [0.1, 0.15) is 5.84 Å². The molecule has 2 aromatic carbocycles. The second-order valence-electron chi connectivity index (χ2n) is 4.87. The number of nitrogens with zero attached hydrogens (tertiary/aromatic N) is 3. The second-order valence-corrected chi connectivity index (χ2v) is 4.87. The number of nitriles is 1. The van der Waals surface area contributed by atoms with Crippen LogP contribution in [0.3, 0.4) is 0 Å². The molecule has 0 atom stereocenters. The minimum Gasteiger partial charge on any atom is -0.325 e. The lowest BCUT2D eigenvalue weighted by Crippen LogP contribution is -2.28. The van der Waals surface area contributed by atoms with Crippen LogP contribution in [0.15, 0.2) is 47.5 Å². The lowest BCUT2D eigenvalue weighted by Gasteiger charge is -2.25. The van der Waals surface area contributed by atoms with E-state index in [4.69, 9.17) is 10.3 Å². The van der Waals surface area contributed by atoms with Crippen molar-refractivity contribution in [2.45, 2.75) is 13.0 Å². The molecular formula is C16H11N3. The van der Waals surface area contributed by atoms with Gasteiger partial charge in [0.15, 0.2) is 0 Å². The molecule has 19 heavy (non-hydrogen) atoms. The molecule has 2 aromatic rings. The Morgan fingerprint density at radius 1 is 1.11 bits per heavy atom. The Bertz CT molecular complexity index is 753. The van der Waals surface area contributed by atoms with Crippen LogP contribution in [0.2, 0.25) is 0 Å². The molecular weight excluding hydrogens is 234 g/mol. The molecule has 4 rings (SSSR count). The average Bonchev–Trinajstić information content (AvgIpc) is 2.81. The average molecular weight is 245 g/mol. The zero-order valence-corrected chi connectivity index (χ0v) is 10.3. The highest BCUT2D eigenvalue weighted by Gasteiger charge is 2.29. The SMILES string of the molecule is N#Cc1ccc2c(c1)CC1=Nc3ccccc3CN12. The Morgan fingerprint density at radius 2 is 2.00 bits per heavy atom. The van der Waals surface area contributed by atoms with Crippen molar-refractivity contribution in [2.75, 3.05) is 4.90 Å². The summed E-state index contributed by atoms with van der Waals surface area (Å²) in [6.45, 7) is 0.869. The number of benzene rings is 2. The smallest absolute Gasteiger partial charge is 0.114 e. The highest BCUT2D eigenvalue weighted by molar-refractivity contribution is 6.07. The van der Waals surface area contributed by atoms with E-state index in [-0.39, 0.29) is 0 Å². The van der Waals surface area contributed by atoms with E-state index in [2.05, 4.69) is 29.2 Å². The van der Waals surface area contributed by atoms with Gasteiger partial charge in [-0.3, -0.25) is 0 Å². The highest BCUT2D eigenvalue weighted by atomic mass is 15.2. The van der Waals surface area contributed by atoms with Crippen LogP contribution in [0.25, 0.3) is 0 Å². The van der Waals surface area contributed by atoms with Crippen molar-refractivity contribution in [3.63, 3.8) is 0 Å². The standard InChI is InChI=1S/C16H11N3/c17-9-11-5-6-15-13(7-11)8-16-18-14-4-2-1-3-12(14)10-19(15)16/h1-7H,8,10H2. The number of hydrogen-bond donors (Lipinski definition) is 0. The molecule has 2 aliphatic heterocycles. The summed E-state index contributed by atoms with van der Waals surface area (Å²) in [5, 5.41) is 8.98. The fourth-order valence-electron chi connectivity index (χ4n) is 2.80. The normalized spacial score (nSPS) is 15.1. The number of amidine groups is 1. The summed E-state index contributed by atoms with van der Waals surface area (Å²) in [4.78, 5) is 6.99. The quantitative estimate of drug-likeness (QED) is 0.715. The Labute approximate surface area is 111 Å². The Morgan fingerprint density at radius 3 is 2.89 bits per heavy atom. The number of aliphatic imine (C=N–C) groups is 1. The summed E-state index contributed by atoms with van der Waals surface area (Å²) < 4.78 is 0. The molecule has 0 bridgehead atoms. The van der Waals surface area contributed by atoms with Gasteiger partial charge in [-0.15, -0.1) is 0 Å². The van der Waals surface area contributed by atoms with Crippen LogP contribution in [-0.4, -0.2) is 5.84 Å². The molecule has 2 heterocycles. The molecule has 0 fully saturated rings. The van der Waals surface area contributed by atoms with E-state index >= 15 is 0 Å². The summed E-state index contributed by atoms with van der Waals surface area (Å²) in [6.07, 6.45) is 0.819. The summed E-state index contributed by atoms with van der Waals surface area (Å²) in [5.74, 6) is 1.09. The number of fused-ring (bicyclic) bond motifs is 4. The molecule has 0 aliphatic carbocycles. The lowest BCUT2D eigenvalue weighted by molar-refractivity contribution is 0.987. The molecule has 0 aromatic heterocycles. The fourth-order valence-corrected chi connectivity index (χ4v) is 2.80. The predicted molar refractivity (Wildman–Crippen MR) is 74.6 cm³/mol. The van der Waals surface area contributed by atoms with Crippen molar-refractivity contribution in [1.82, 2.24) is 0 Å². The van der Waals surface area contributed by atoms with Crippen molar-refractivity contribution >= 4 is 17.2 Å². The van der Waals surface area contributed by atoms with Crippen molar-refractivity contribution < 1.29 is 0 Å². The van der Waals surface area contributed by atoms with E-state index < -0.39 is 0 Å². The molecule has 0 radical (unpaired) electrons. The van der Waals surface area contributed by atoms with Gasteiger partial charge < -0.3 is 4.90 Å². The third kappa shape index (κ3) is 1.47. The second kappa shape index (κ2) is 3.69. The van der Waals surface area contributed by atoms with Crippen molar-refractivity contribution in [3.05, 3.63) is 59.2 Å². The van der Waals surface area contributed by atoms with Crippen LogP contribution in [0.4, 0.5) is 11.4 Å². The molecule has 0 unspecified atom stereocenters. The number of hydrogen-bond acceptors (Lipinski definition) is 3. The molecule has 3 nitrogen and oxygen atoms in total. The fraction of sp³-hybridized carbons (Fsp3) is 0.125. The number of para-hydroxylation sites is 1. The predicted octanol–water partition coefficient (Wildman–Crippen LogP) is 3.16. The topological polar surface area (TPSA) is 39.4 Å². The van der Waals surface area contributed by atoms with Gasteiger partial charge in [0.05, 0.1) is 23.9 Å². The van der Waals surface area contributed by atoms with Gasteiger partial charge in [0.25, 0.3) is 0 Å². The van der Waals surface area contributed by atoms with Gasteiger partial charge in [-0.25, -0.2) is 4.99 Å². The Kier molecular flexibility index (Phi) is 2.01. The van der Waals surface area contributed by atoms with E-state index in [0.717, 1.165) is 30.1 Å². The summed E-state index contributed by atoms with van der Waals surface area (Å²) >= 11 is 0. The van der Waals surface area contributed by atoms with Crippen LogP contribution in [0, 0.1) is 11.3 Å². The summed E-state index contributed by atoms with van der Waals surface area (Å²) in [7, 11) is 0. The number of rotatable bonds is 0. The summed E-state index contributed by atoms with van der Waals surface area (Å²) in [5.41, 5.74) is 5.43. The van der Waals surface area contributed by atoms with Crippen molar-refractivity contribution in [1.29, 1.82) is 5.26 Å². The van der Waals surface area contributed by atoms with Gasteiger partial charge >= 0.3 is 0 Å². The third-order valence-corrected chi connectivity index (χ3v) is 3.73. The molecule has 2 aliphatic rings. The first-order valence-corrected chi connectivity index (χ1v) is 6.31. The minimum absolute atomic E-state index is 0.719. The molecule has 0 saturated heterocycles. The maximum Gasteiger partial charge on any atom is 0.114 e. The monoisotopic (exact) mass is 245 g/mol. The third-order valence-electron chi connectivity index (χ3n) is 3.73. The van der Waals surface area contributed by atoms with E-state index in [1.807, 2.05) is 24.3 Å². The Balaban J connectivity index is 1.84. The minimum atomic E-state index is 0.719. The van der Waals surface area contributed by atoms with Crippen LogP contribution < -0.4 is 4.90 Å². The molecule has 0 saturated carbocycles. The van der Waals surface area contributed by atoms with Crippen LogP contribution in [-0.2, 0) is 13.0 Å². The van der Waals surface area contributed by atoms with Gasteiger partial charge in [-0.1, -0.05) is 18.2 Å². The van der Waals surface area contributed by atoms with E-state index in [1.165, 1.54) is 16.8 Å². The first-order chi connectivity index (χ1) is 9.35. The molecule has 90 valence electrons. The van der Waals surface area contributed by atoms with Gasteiger partial charge in [-0.2, -0.15) is 5.26 Å². The zero-order valence-electron chi connectivity index (χ0n) is 10.3. The molecule has 3 heteroatoms.